The minimum absolute atomic E-state index is 0.291. The molecule has 0 fully saturated rings. The number of hydrogen-bond acceptors (Lipinski definition) is 3. The first-order chi connectivity index (χ1) is 7.79. The van der Waals surface area contributed by atoms with E-state index in [0.717, 1.165) is 5.69 Å². The summed E-state index contributed by atoms with van der Waals surface area (Å²) in [4.78, 5) is 0. The molecule has 0 unspecified atom stereocenters. The van der Waals surface area contributed by atoms with Crippen molar-refractivity contribution in [2.45, 2.75) is 6.54 Å². The van der Waals surface area contributed by atoms with E-state index in [9.17, 15) is 4.39 Å². The van der Waals surface area contributed by atoms with Crippen LogP contribution < -0.4 is 5.32 Å². The van der Waals surface area contributed by atoms with Crippen LogP contribution in [0.4, 0.5) is 10.1 Å². The van der Waals surface area contributed by atoms with Crippen LogP contribution in [0.3, 0.4) is 0 Å². The minimum atomic E-state index is -0.413. The van der Waals surface area contributed by atoms with Crippen molar-refractivity contribution in [1.82, 2.24) is 10.2 Å². The van der Waals surface area contributed by atoms with E-state index in [-0.39, 0.29) is 0 Å². The molecule has 0 saturated carbocycles. The smallest absolute Gasteiger partial charge is 0.124 e. The molecule has 0 bridgehead atoms. The van der Waals surface area contributed by atoms with Crippen molar-refractivity contribution in [1.29, 1.82) is 5.26 Å². The van der Waals surface area contributed by atoms with Gasteiger partial charge in [0.25, 0.3) is 0 Å². The summed E-state index contributed by atoms with van der Waals surface area (Å²) in [5.41, 5.74) is 1.80. The lowest BCUT2D eigenvalue weighted by Gasteiger charge is -2.06. The summed E-state index contributed by atoms with van der Waals surface area (Å²) in [6.07, 6.45) is 1.65. The van der Waals surface area contributed by atoms with Crippen LogP contribution in [0.5, 0.6) is 0 Å². The highest BCUT2D eigenvalue weighted by atomic mass is 19.1. The second-order valence-corrected chi connectivity index (χ2v) is 3.24. The topological polar surface area (TPSA) is 64.5 Å². The number of halogens is 1. The molecule has 0 amide bonds. The Kier molecular flexibility index (Phi) is 2.83. The molecule has 4 nitrogen and oxygen atoms in total. The Bertz CT molecular complexity index is 513. The fraction of sp³-hybridized carbons (Fsp3) is 0.0909. The Morgan fingerprint density at radius 1 is 1.44 bits per heavy atom. The summed E-state index contributed by atoms with van der Waals surface area (Å²) in [5, 5.41) is 18.4. The fourth-order valence-corrected chi connectivity index (χ4v) is 1.34. The van der Waals surface area contributed by atoms with E-state index in [1.165, 1.54) is 12.1 Å². The number of nitrogens with one attached hydrogen (secondary N) is 2. The van der Waals surface area contributed by atoms with Crippen LogP contribution in [0.2, 0.25) is 0 Å². The monoisotopic (exact) mass is 216 g/mol. The molecule has 0 aliphatic rings. The predicted molar refractivity (Wildman–Crippen MR) is 57.0 cm³/mol. The van der Waals surface area contributed by atoms with Gasteiger partial charge in [0.2, 0.25) is 0 Å². The van der Waals surface area contributed by atoms with Gasteiger partial charge in [-0.15, -0.1) is 0 Å². The second kappa shape index (κ2) is 4.45. The third kappa shape index (κ3) is 2.17. The van der Waals surface area contributed by atoms with Crippen molar-refractivity contribution in [3.05, 3.63) is 47.5 Å². The highest BCUT2D eigenvalue weighted by Crippen LogP contribution is 2.16. The first kappa shape index (κ1) is 10.2. The molecule has 1 aromatic carbocycles. The first-order valence-electron chi connectivity index (χ1n) is 4.71. The summed E-state index contributed by atoms with van der Waals surface area (Å²) in [6, 6.07) is 7.83. The molecule has 5 heteroatoms. The van der Waals surface area contributed by atoms with Crippen molar-refractivity contribution in [3.8, 4) is 6.07 Å². The van der Waals surface area contributed by atoms with Gasteiger partial charge in [-0.25, -0.2) is 4.39 Å². The Hall–Kier alpha value is -2.35. The average Bonchev–Trinajstić information content (AvgIpc) is 2.80. The van der Waals surface area contributed by atoms with E-state index in [1.807, 2.05) is 12.1 Å². The average molecular weight is 216 g/mol. The Balaban J connectivity index is 2.13. The van der Waals surface area contributed by atoms with E-state index in [4.69, 9.17) is 5.26 Å². The maximum absolute atomic E-state index is 12.9. The lowest BCUT2D eigenvalue weighted by molar-refractivity contribution is 0.627. The van der Waals surface area contributed by atoms with Gasteiger partial charge in [-0.1, -0.05) is 0 Å². The number of H-pyrrole nitrogens is 1. The summed E-state index contributed by atoms with van der Waals surface area (Å²) in [7, 11) is 0. The van der Waals surface area contributed by atoms with Gasteiger partial charge in [-0.05, 0) is 24.3 Å². The maximum atomic E-state index is 12.9. The highest BCUT2D eigenvalue weighted by molar-refractivity contribution is 5.57. The summed E-state index contributed by atoms with van der Waals surface area (Å²) in [5.74, 6) is -0.413. The number of rotatable bonds is 3. The lowest BCUT2D eigenvalue weighted by atomic mass is 10.2. The number of aromatic amines is 1. The molecule has 1 heterocycles. The summed E-state index contributed by atoms with van der Waals surface area (Å²) >= 11 is 0. The van der Waals surface area contributed by atoms with Crippen LogP contribution in [0.15, 0.2) is 30.5 Å². The van der Waals surface area contributed by atoms with E-state index >= 15 is 0 Å². The molecule has 0 aliphatic carbocycles. The van der Waals surface area contributed by atoms with Crippen molar-refractivity contribution in [2.24, 2.45) is 0 Å². The van der Waals surface area contributed by atoms with Crippen molar-refractivity contribution < 1.29 is 4.39 Å². The molecule has 0 spiro atoms. The van der Waals surface area contributed by atoms with Gasteiger partial charge in [-0.3, -0.25) is 5.10 Å². The summed E-state index contributed by atoms with van der Waals surface area (Å²) < 4.78 is 12.9. The quantitative estimate of drug-likeness (QED) is 0.825. The standard InChI is InChI=1S/C11H9FN4/c12-9-1-2-11(8(5-9)6-13)14-7-10-3-4-15-16-10/h1-5,14H,7H2,(H,15,16). The van der Waals surface area contributed by atoms with Gasteiger partial charge in [0.1, 0.15) is 11.9 Å². The van der Waals surface area contributed by atoms with Gasteiger partial charge in [0.15, 0.2) is 0 Å². The molecular weight excluding hydrogens is 207 g/mol. The van der Waals surface area contributed by atoms with Crippen LogP contribution in [0.1, 0.15) is 11.3 Å². The minimum Gasteiger partial charge on any atom is -0.378 e. The number of nitrogens with zero attached hydrogens (tertiary/aromatic N) is 2. The molecule has 1 aromatic heterocycles. The van der Waals surface area contributed by atoms with Crippen molar-refractivity contribution >= 4 is 5.69 Å². The number of aromatic nitrogens is 2. The van der Waals surface area contributed by atoms with Crippen LogP contribution in [0, 0.1) is 17.1 Å². The fourth-order valence-electron chi connectivity index (χ4n) is 1.34. The Labute approximate surface area is 91.7 Å². The molecule has 0 atom stereocenters. The Morgan fingerprint density at radius 2 is 2.31 bits per heavy atom. The first-order valence-corrected chi connectivity index (χ1v) is 4.71. The molecule has 2 rings (SSSR count). The zero-order chi connectivity index (χ0) is 11.4. The lowest BCUT2D eigenvalue weighted by Crippen LogP contribution is -2.01. The van der Waals surface area contributed by atoms with Gasteiger partial charge < -0.3 is 5.32 Å². The van der Waals surface area contributed by atoms with Crippen LogP contribution >= 0.6 is 0 Å². The van der Waals surface area contributed by atoms with Gasteiger partial charge in [-0.2, -0.15) is 10.4 Å². The predicted octanol–water partition coefficient (Wildman–Crippen LogP) is 2.03. The van der Waals surface area contributed by atoms with Crippen LogP contribution in [-0.2, 0) is 6.54 Å². The molecule has 2 N–H and O–H groups in total. The SMILES string of the molecule is N#Cc1cc(F)ccc1NCc1ccn[nH]1. The second-order valence-electron chi connectivity index (χ2n) is 3.24. The number of benzene rings is 1. The maximum Gasteiger partial charge on any atom is 0.124 e. The highest BCUT2D eigenvalue weighted by Gasteiger charge is 2.03. The van der Waals surface area contributed by atoms with Crippen LogP contribution in [-0.4, -0.2) is 10.2 Å². The molecule has 80 valence electrons. The molecule has 2 aromatic rings. The number of nitriles is 1. The third-order valence-corrected chi connectivity index (χ3v) is 2.13. The van der Waals surface area contributed by atoms with Gasteiger partial charge >= 0.3 is 0 Å². The molecule has 0 saturated heterocycles. The third-order valence-electron chi connectivity index (χ3n) is 2.13. The normalized spacial score (nSPS) is 9.75. The van der Waals surface area contributed by atoms with Crippen molar-refractivity contribution in [2.75, 3.05) is 5.32 Å². The van der Waals surface area contributed by atoms with E-state index in [0.29, 0.717) is 17.8 Å². The molecule has 0 radical (unpaired) electrons. The summed E-state index contributed by atoms with van der Waals surface area (Å²) in [6.45, 7) is 0.514. The van der Waals surface area contributed by atoms with Gasteiger partial charge in [0.05, 0.1) is 23.5 Å². The van der Waals surface area contributed by atoms with Crippen LogP contribution in [0.25, 0.3) is 0 Å². The van der Waals surface area contributed by atoms with Gasteiger partial charge in [0, 0.05) is 6.20 Å². The van der Waals surface area contributed by atoms with E-state index in [2.05, 4.69) is 15.5 Å². The molecular formula is C11H9FN4. The Morgan fingerprint density at radius 3 is 3.00 bits per heavy atom. The largest absolute Gasteiger partial charge is 0.378 e. The zero-order valence-electron chi connectivity index (χ0n) is 8.37. The van der Waals surface area contributed by atoms with Crippen molar-refractivity contribution in [3.63, 3.8) is 0 Å². The number of hydrogen-bond donors (Lipinski definition) is 2. The molecule has 0 aliphatic heterocycles. The van der Waals surface area contributed by atoms with E-state index in [1.54, 1.807) is 12.3 Å². The number of anilines is 1. The van der Waals surface area contributed by atoms with E-state index < -0.39 is 5.82 Å². The molecule has 16 heavy (non-hydrogen) atoms. The zero-order valence-corrected chi connectivity index (χ0v) is 8.37.